The van der Waals surface area contributed by atoms with E-state index in [-0.39, 0.29) is 42.9 Å². The highest BCUT2D eigenvalue weighted by Crippen LogP contribution is 2.46. The summed E-state index contributed by atoms with van der Waals surface area (Å²) in [5, 5.41) is 37.8. The Kier molecular flexibility index (Phi) is 8.99. The van der Waals surface area contributed by atoms with Crippen LogP contribution in [0, 0.1) is 25.7 Å². The zero-order chi connectivity index (χ0) is 32.7. The van der Waals surface area contributed by atoms with E-state index in [4.69, 9.17) is 0 Å². The van der Waals surface area contributed by atoms with Gasteiger partial charge in [0.15, 0.2) is 0 Å². The van der Waals surface area contributed by atoms with Gasteiger partial charge >= 0.3 is 11.9 Å². The molecule has 12 heteroatoms. The lowest BCUT2D eigenvalue weighted by molar-refractivity contribution is -0.137. The molecule has 5 atom stereocenters. The first kappa shape index (κ1) is 32.1. The number of aliphatic hydroxyl groups excluding tert-OH is 1. The molecule has 0 saturated carbocycles. The van der Waals surface area contributed by atoms with E-state index >= 15 is 0 Å². The molecule has 238 valence electrons. The highest BCUT2D eigenvalue weighted by Gasteiger charge is 2.45. The first-order valence-corrected chi connectivity index (χ1v) is 15.9. The number of thioether (sulfide) groups is 1. The van der Waals surface area contributed by atoms with Gasteiger partial charge in [-0.15, -0.1) is 0 Å². The lowest BCUT2D eigenvalue weighted by atomic mass is 9.92. The summed E-state index contributed by atoms with van der Waals surface area (Å²) >= 11 is 1.82. The molecule has 0 unspecified atom stereocenters. The molecule has 2 amide bonds. The molecular formula is C33H38N4O7S. The molecule has 5 heterocycles. The number of carbonyl (C=O) groups excluding carboxylic acids is 2. The van der Waals surface area contributed by atoms with E-state index in [9.17, 15) is 34.5 Å². The van der Waals surface area contributed by atoms with Crippen LogP contribution >= 0.6 is 11.8 Å². The minimum atomic E-state index is -1.15. The van der Waals surface area contributed by atoms with Crippen LogP contribution in [-0.4, -0.2) is 66.1 Å². The highest BCUT2D eigenvalue weighted by molar-refractivity contribution is 8.06. The number of aliphatic carboxylic acids is 2. The summed E-state index contributed by atoms with van der Waals surface area (Å²) in [5.41, 5.74) is 5.73. The normalized spacial score (nSPS) is 25.2. The molecule has 3 aliphatic rings. The largest absolute Gasteiger partial charge is 0.481 e. The minimum absolute atomic E-state index is 0.0211. The number of aromatic amines is 2. The van der Waals surface area contributed by atoms with Crippen molar-refractivity contribution in [1.82, 2.24) is 20.6 Å². The van der Waals surface area contributed by atoms with Gasteiger partial charge in [-0.05, 0) is 66.8 Å². The fraction of sp³-hybridized carbons (Fsp3) is 0.394. The molecule has 2 fully saturated rings. The van der Waals surface area contributed by atoms with Crippen LogP contribution in [-0.2, 0) is 25.6 Å². The second-order valence-corrected chi connectivity index (χ2v) is 13.1. The predicted molar refractivity (Wildman–Crippen MR) is 171 cm³/mol. The molecule has 5 rings (SSSR count). The van der Waals surface area contributed by atoms with Gasteiger partial charge in [0.05, 0.1) is 18.2 Å². The highest BCUT2D eigenvalue weighted by atomic mass is 32.2. The van der Waals surface area contributed by atoms with Crippen molar-refractivity contribution in [3.63, 3.8) is 0 Å². The van der Waals surface area contributed by atoms with Crippen molar-refractivity contribution in [3.05, 3.63) is 73.8 Å². The Bertz CT molecular complexity index is 1790. The summed E-state index contributed by atoms with van der Waals surface area (Å²) in [6.45, 7) is 11.0. The van der Waals surface area contributed by atoms with Gasteiger partial charge < -0.3 is 35.9 Å². The quantitative estimate of drug-likeness (QED) is 0.183. The Morgan fingerprint density at radius 1 is 1.07 bits per heavy atom. The Balaban J connectivity index is 1.64. The van der Waals surface area contributed by atoms with Gasteiger partial charge in [-0.1, -0.05) is 25.7 Å². The van der Waals surface area contributed by atoms with E-state index in [0.717, 1.165) is 22.7 Å². The fourth-order valence-electron chi connectivity index (χ4n) is 6.41. The number of carbonyl (C=O) groups is 4. The third-order valence-electron chi connectivity index (χ3n) is 9.05. The summed E-state index contributed by atoms with van der Waals surface area (Å²) in [7, 11) is 0. The van der Waals surface area contributed by atoms with Crippen LogP contribution in [0.5, 0.6) is 0 Å². The summed E-state index contributed by atoms with van der Waals surface area (Å²) in [5.74, 6) is -1.40. The van der Waals surface area contributed by atoms with Crippen LogP contribution in [0.2, 0.25) is 0 Å². The maximum atomic E-state index is 12.6. The van der Waals surface area contributed by atoms with Crippen LogP contribution < -0.4 is 21.2 Å². The zero-order valence-corrected chi connectivity index (χ0v) is 26.4. The lowest BCUT2D eigenvalue weighted by Crippen LogP contribution is -2.34. The third kappa shape index (κ3) is 6.30. The monoisotopic (exact) mass is 634 g/mol. The minimum Gasteiger partial charge on any atom is -0.481 e. The van der Waals surface area contributed by atoms with E-state index in [1.807, 2.05) is 31.7 Å². The maximum Gasteiger partial charge on any atom is 0.307 e. The Labute approximate surface area is 264 Å². The number of amides is 2. The number of aliphatic hydroxyl groups is 1. The number of H-pyrrole nitrogens is 2. The second-order valence-electron chi connectivity index (χ2n) is 11.9. The number of allylic oxidation sites excluding steroid dienone is 1. The molecule has 2 saturated heterocycles. The summed E-state index contributed by atoms with van der Waals surface area (Å²) < 4.78 is 0. The van der Waals surface area contributed by atoms with Gasteiger partial charge in [0.1, 0.15) is 6.10 Å². The zero-order valence-electron chi connectivity index (χ0n) is 25.6. The number of rotatable bonds is 11. The van der Waals surface area contributed by atoms with E-state index < -0.39 is 24.1 Å². The third-order valence-corrected chi connectivity index (χ3v) is 10.1. The second kappa shape index (κ2) is 12.6. The summed E-state index contributed by atoms with van der Waals surface area (Å²) in [4.78, 5) is 54.8. The molecule has 11 nitrogen and oxygen atoms in total. The summed E-state index contributed by atoms with van der Waals surface area (Å²) in [6.07, 6.45) is 5.45. The number of carboxylic acids is 2. The van der Waals surface area contributed by atoms with Crippen LogP contribution in [0.15, 0.2) is 29.5 Å². The average Bonchev–Trinajstić information content (AvgIpc) is 3.53. The number of carboxylic acid groups (broad SMARTS) is 2. The average molecular weight is 635 g/mol. The van der Waals surface area contributed by atoms with E-state index in [1.165, 1.54) is 6.08 Å². The molecule has 0 radical (unpaired) electrons. The van der Waals surface area contributed by atoms with Gasteiger partial charge in [-0.2, -0.15) is 11.8 Å². The van der Waals surface area contributed by atoms with Crippen molar-refractivity contribution in [3.8, 4) is 0 Å². The Morgan fingerprint density at radius 3 is 2.38 bits per heavy atom. The number of aromatic nitrogens is 2. The molecular weight excluding hydrogens is 596 g/mol. The topological polar surface area (TPSA) is 185 Å². The van der Waals surface area contributed by atoms with E-state index in [1.54, 1.807) is 26.0 Å². The first-order chi connectivity index (χ1) is 21.3. The molecule has 2 aromatic rings. The fourth-order valence-corrected chi connectivity index (χ4v) is 7.32. The molecule has 7 N–H and O–H groups in total. The van der Waals surface area contributed by atoms with Crippen LogP contribution in [0.3, 0.4) is 0 Å². The van der Waals surface area contributed by atoms with E-state index in [0.29, 0.717) is 49.5 Å². The Hall–Kier alpha value is -4.29. The van der Waals surface area contributed by atoms with Crippen molar-refractivity contribution in [2.75, 3.05) is 5.75 Å². The van der Waals surface area contributed by atoms with Crippen molar-refractivity contribution >= 4 is 53.7 Å². The van der Waals surface area contributed by atoms with Crippen LogP contribution in [0.4, 0.5) is 0 Å². The van der Waals surface area contributed by atoms with Gasteiger partial charge in [0.25, 0.3) is 5.91 Å². The SMILES string of the molecule is C=CC1=C(C)[C@@H]([C@H](O)c2[nH]c(/C=c3\[nH]c(/C=C4\NC(=O)[C@H](C)[C@H]4[C@H]4CS4)c(C)\c3=C/CC(=O)O)c(CCC(=O)O)c2C)NC1=O. The van der Waals surface area contributed by atoms with Crippen LogP contribution in [0.25, 0.3) is 18.2 Å². The Morgan fingerprint density at radius 2 is 1.78 bits per heavy atom. The maximum absolute atomic E-state index is 12.6. The molecule has 0 aromatic carbocycles. The van der Waals surface area contributed by atoms with Crippen molar-refractivity contribution in [2.45, 2.75) is 64.4 Å². The molecule has 0 bridgehead atoms. The standard InChI is InChI=1S/C33H38N4O7S/c1-6-18-15(3)30(37-33(18)44)31(42)29-16(4)20(8-10-27(40)41)23(35-29)12-22-19(7-9-26(38)39)14(2)21(34-22)11-24-28(25-13-45-25)17(5)32(43)36-24/h6-7,11-12,17,25,28,30-31,34-35,42H,1,8-10,13H2,2-5H3,(H,36,43)(H,37,44)(H,38,39)(H,40,41)/b19-7+,22-12-,24-11-/t17-,25-,28-,30+,31-/m1/s1. The summed E-state index contributed by atoms with van der Waals surface area (Å²) in [6, 6.07) is -0.699. The van der Waals surface area contributed by atoms with E-state index in [2.05, 4.69) is 27.2 Å². The van der Waals surface area contributed by atoms with Crippen molar-refractivity contribution in [2.24, 2.45) is 11.8 Å². The van der Waals surface area contributed by atoms with Gasteiger partial charge in [-0.25, -0.2) is 0 Å². The number of hydrogen-bond donors (Lipinski definition) is 7. The van der Waals surface area contributed by atoms with Crippen LogP contribution in [0.1, 0.15) is 66.6 Å². The molecule has 3 aliphatic heterocycles. The number of nitrogens with one attached hydrogen (secondary N) is 4. The van der Waals surface area contributed by atoms with Crippen molar-refractivity contribution < 1.29 is 34.5 Å². The predicted octanol–water partition coefficient (Wildman–Crippen LogP) is 1.93. The first-order valence-electron chi connectivity index (χ1n) is 14.8. The van der Waals surface area contributed by atoms with Gasteiger partial charge in [-0.3, -0.25) is 19.2 Å². The molecule has 0 spiro atoms. The number of hydrogen-bond acceptors (Lipinski definition) is 6. The van der Waals surface area contributed by atoms with Gasteiger partial charge in [0.2, 0.25) is 5.91 Å². The molecule has 2 aromatic heterocycles. The smallest absolute Gasteiger partial charge is 0.307 e. The van der Waals surface area contributed by atoms with Crippen molar-refractivity contribution in [1.29, 1.82) is 0 Å². The van der Waals surface area contributed by atoms with Gasteiger partial charge in [0, 0.05) is 57.3 Å². The lowest BCUT2D eigenvalue weighted by Gasteiger charge is -2.20. The molecule has 45 heavy (non-hydrogen) atoms. The molecule has 0 aliphatic carbocycles.